The van der Waals surface area contributed by atoms with E-state index in [2.05, 4.69) is 9.50 Å². The summed E-state index contributed by atoms with van der Waals surface area (Å²) in [5.41, 5.74) is 5.14. The minimum atomic E-state index is -5.07. The van der Waals surface area contributed by atoms with Crippen molar-refractivity contribution in [2.75, 3.05) is 20.2 Å². The summed E-state index contributed by atoms with van der Waals surface area (Å²) in [6, 6.07) is 0. The normalized spacial score (nSPS) is 10.9. The summed E-state index contributed by atoms with van der Waals surface area (Å²) in [4.78, 5) is 32.4. The van der Waals surface area contributed by atoms with Crippen LogP contribution in [0.1, 0.15) is 6.92 Å². The maximum Gasteiger partial charge on any atom is 1.00 e. The van der Waals surface area contributed by atoms with Crippen molar-refractivity contribution in [3.63, 3.8) is 0 Å². The Bertz CT molecular complexity index is 308. The van der Waals surface area contributed by atoms with Crippen LogP contribution in [0.3, 0.4) is 0 Å². The van der Waals surface area contributed by atoms with Crippen LogP contribution in [0.15, 0.2) is 4.76 Å². The molecule has 0 amide bonds. The number of carbonyl (C=O) groups excluding carboxylic acids is 1. The molecule has 8 nitrogen and oxygen atoms in total. The Morgan fingerprint density at radius 2 is 1.94 bits per heavy atom. The van der Waals surface area contributed by atoms with Crippen molar-refractivity contribution >= 4 is 19.7 Å². The van der Waals surface area contributed by atoms with Crippen molar-refractivity contribution < 1.29 is 83.0 Å². The van der Waals surface area contributed by atoms with Gasteiger partial charge in [0, 0.05) is 7.05 Å². The second kappa shape index (κ2) is 10.8. The number of ether oxygens (including phenoxy) is 1. The molecule has 0 atom stereocenters. The quantitative estimate of drug-likeness (QED) is 0.178. The predicted octanol–water partition coefficient (Wildman–Crippen LogP) is -8.37. The zero-order valence-electron chi connectivity index (χ0n) is 10.4. The van der Waals surface area contributed by atoms with Gasteiger partial charge in [0.25, 0.3) is 0 Å². The summed E-state index contributed by atoms with van der Waals surface area (Å²) in [7, 11) is -3.75. The molecule has 0 aromatic heterocycles. The van der Waals surface area contributed by atoms with E-state index in [4.69, 9.17) is 5.73 Å². The number of carbonyl (C=O) groups is 1. The second-order valence-corrected chi connectivity index (χ2v) is 3.72. The van der Waals surface area contributed by atoms with E-state index in [0.717, 1.165) is 4.90 Å². The van der Waals surface area contributed by atoms with Gasteiger partial charge in [-0.05, 0) is 6.92 Å². The van der Waals surface area contributed by atoms with Gasteiger partial charge in [0.15, 0.2) is 5.96 Å². The summed E-state index contributed by atoms with van der Waals surface area (Å²) >= 11 is 0. The standard InChI is InChI=1S/C6H14N3O5P.2Na/c1-3-14-5(10)4-9(2)6(7)8-15(11,12)13;;/h3-4H2,1-2H3,(H4,7,8,11,12,13);;/q;2*+1/p-2. The zero-order chi connectivity index (χ0) is 12.1. The van der Waals surface area contributed by atoms with Crippen molar-refractivity contribution in [1.29, 1.82) is 0 Å². The largest absolute Gasteiger partial charge is 1.00 e. The van der Waals surface area contributed by atoms with E-state index in [1.54, 1.807) is 6.92 Å². The Kier molecular flexibility index (Phi) is 14.6. The molecule has 0 radical (unpaired) electrons. The summed E-state index contributed by atoms with van der Waals surface area (Å²) in [6.07, 6.45) is 0. The third-order valence-corrected chi connectivity index (χ3v) is 1.74. The first-order valence-corrected chi connectivity index (χ1v) is 5.50. The van der Waals surface area contributed by atoms with Crippen LogP contribution in [-0.4, -0.2) is 37.0 Å². The van der Waals surface area contributed by atoms with E-state index < -0.39 is 19.7 Å². The van der Waals surface area contributed by atoms with E-state index in [-0.39, 0.29) is 72.3 Å². The number of nitrogens with two attached hydrogens (primary N) is 1. The SMILES string of the molecule is CCOC(=O)CN(C)C(N)=NP(=O)([O-])[O-].[Na+].[Na+]. The van der Waals surface area contributed by atoms with Crippen LogP contribution in [0.2, 0.25) is 0 Å². The van der Waals surface area contributed by atoms with Crippen molar-refractivity contribution in [2.24, 2.45) is 10.5 Å². The maximum atomic E-state index is 10.9. The van der Waals surface area contributed by atoms with Crippen LogP contribution in [0.4, 0.5) is 0 Å². The number of rotatable bonds is 4. The van der Waals surface area contributed by atoms with Gasteiger partial charge in [-0.2, -0.15) is 0 Å². The molecule has 2 N–H and O–H groups in total. The molecular formula is C6H12N3Na2O5P. The molecule has 0 bridgehead atoms. The van der Waals surface area contributed by atoms with Gasteiger partial charge in [-0.15, -0.1) is 0 Å². The Morgan fingerprint density at radius 3 is 2.29 bits per heavy atom. The van der Waals surface area contributed by atoms with Gasteiger partial charge in [0.2, 0.25) is 0 Å². The third kappa shape index (κ3) is 13.1. The van der Waals surface area contributed by atoms with Gasteiger partial charge in [-0.25, -0.2) is 4.76 Å². The summed E-state index contributed by atoms with van der Waals surface area (Å²) in [5.74, 6) is -1.14. The molecule has 0 aliphatic rings. The first kappa shape index (κ1) is 23.0. The molecule has 0 heterocycles. The fraction of sp³-hybridized carbons (Fsp3) is 0.667. The molecule has 0 aliphatic carbocycles. The zero-order valence-corrected chi connectivity index (χ0v) is 15.3. The fourth-order valence-electron chi connectivity index (χ4n) is 0.683. The molecular weight excluding hydrogens is 271 g/mol. The average Bonchev–Trinajstić information content (AvgIpc) is 2.00. The molecule has 11 heteroatoms. The van der Waals surface area contributed by atoms with Gasteiger partial charge in [0.05, 0.1) is 14.4 Å². The molecule has 0 unspecified atom stereocenters. The fourth-order valence-corrected chi connectivity index (χ4v) is 1.09. The number of guanidine groups is 1. The number of hydrogen-bond donors (Lipinski definition) is 1. The summed E-state index contributed by atoms with van der Waals surface area (Å²) in [5, 5.41) is 0. The van der Waals surface area contributed by atoms with Crippen LogP contribution < -0.4 is 74.6 Å². The van der Waals surface area contributed by atoms with Gasteiger partial charge in [-0.3, -0.25) is 4.79 Å². The third-order valence-electron chi connectivity index (χ3n) is 1.29. The van der Waals surface area contributed by atoms with E-state index in [1.807, 2.05) is 0 Å². The van der Waals surface area contributed by atoms with Gasteiger partial charge in [0.1, 0.15) is 6.54 Å². The molecule has 0 saturated carbocycles. The Labute approximate surface area is 144 Å². The minimum absolute atomic E-state index is 0. The Balaban J connectivity index is -0.000000980. The first-order valence-electron chi connectivity index (χ1n) is 4.00. The average molecular weight is 283 g/mol. The monoisotopic (exact) mass is 283 g/mol. The van der Waals surface area contributed by atoms with Crippen LogP contribution in [0, 0.1) is 0 Å². The van der Waals surface area contributed by atoms with Crippen molar-refractivity contribution in [1.82, 2.24) is 4.90 Å². The first-order chi connectivity index (χ1) is 6.76. The number of likely N-dealkylation sites (N-methyl/N-ethyl adjacent to an activating group) is 1. The molecule has 0 aliphatic heterocycles. The topological polar surface area (TPSA) is 131 Å². The van der Waals surface area contributed by atoms with E-state index in [1.165, 1.54) is 7.05 Å². The number of hydrogen-bond acceptors (Lipinski definition) is 5. The van der Waals surface area contributed by atoms with E-state index in [9.17, 15) is 19.1 Å². The van der Waals surface area contributed by atoms with Gasteiger partial charge >= 0.3 is 65.1 Å². The smallest absolute Gasteiger partial charge is 0.793 e. The summed E-state index contributed by atoms with van der Waals surface area (Å²) in [6.45, 7) is 1.55. The maximum absolute atomic E-state index is 10.9. The van der Waals surface area contributed by atoms with E-state index >= 15 is 0 Å². The minimum Gasteiger partial charge on any atom is -0.793 e. The second-order valence-electron chi connectivity index (χ2n) is 2.59. The van der Waals surface area contributed by atoms with Crippen LogP contribution in [0.25, 0.3) is 0 Å². The van der Waals surface area contributed by atoms with Crippen LogP contribution >= 0.6 is 7.75 Å². The predicted molar refractivity (Wildman–Crippen MR) is 48.5 cm³/mol. The van der Waals surface area contributed by atoms with Crippen LogP contribution in [-0.2, 0) is 14.1 Å². The van der Waals surface area contributed by atoms with E-state index in [0.29, 0.717) is 0 Å². The molecule has 0 spiro atoms. The molecule has 17 heavy (non-hydrogen) atoms. The van der Waals surface area contributed by atoms with Crippen LogP contribution in [0.5, 0.6) is 0 Å². The van der Waals surface area contributed by atoms with Gasteiger partial charge in [-0.1, -0.05) is 0 Å². The van der Waals surface area contributed by atoms with Crippen molar-refractivity contribution in [3.8, 4) is 0 Å². The molecule has 0 fully saturated rings. The Hall–Kier alpha value is 0.890. The molecule has 0 rings (SSSR count). The number of nitrogens with zero attached hydrogens (tertiary/aromatic N) is 2. The van der Waals surface area contributed by atoms with Crippen molar-refractivity contribution in [2.45, 2.75) is 6.92 Å². The summed E-state index contributed by atoms with van der Waals surface area (Å²) < 4.78 is 17.5. The Morgan fingerprint density at radius 1 is 1.47 bits per heavy atom. The molecule has 0 aromatic carbocycles. The van der Waals surface area contributed by atoms with Crippen molar-refractivity contribution in [3.05, 3.63) is 0 Å². The number of esters is 1. The van der Waals surface area contributed by atoms with Gasteiger partial charge < -0.3 is 29.7 Å². The molecule has 0 aromatic rings. The molecule has 0 saturated heterocycles. The molecule has 88 valence electrons.